The second kappa shape index (κ2) is 6.04. The SMILES string of the molecule is Cc1cc(=O)cc(C(=O)NCc2c(C)ccc3ncccc23)o1. The number of nitrogens with one attached hydrogen (secondary N) is 1. The van der Waals surface area contributed by atoms with E-state index in [9.17, 15) is 9.59 Å². The Bertz CT molecular complexity index is 944. The smallest absolute Gasteiger partial charge is 0.287 e. The van der Waals surface area contributed by atoms with Crippen LogP contribution >= 0.6 is 0 Å². The first-order valence-corrected chi connectivity index (χ1v) is 7.28. The van der Waals surface area contributed by atoms with Crippen LogP contribution in [0.4, 0.5) is 0 Å². The van der Waals surface area contributed by atoms with Gasteiger partial charge in [0.15, 0.2) is 11.2 Å². The second-order valence-electron chi connectivity index (χ2n) is 5.38. The van der Waals surface area contributed by atoms with Crippen LogP contribution in [-0.4, -0.2) is 10.9 Å². The van der Waals surface area contributed by atoms with Gasteiger partial charge in [0.2, 0.25) is 0 Å². The number of pyridine rings is 1. The van der Waals surface area contributed by atoms with Crippen molar-refractivity contribution in [1.82, 2.24) is 10.3 Å². The maximum Gasteiger partial charge on any atom is 0.287 e. The molecule has 2 heterocycles. The summed E-state index contributed by atoms with van der Waals surface area (Å²) in [6.45, 7) is 3.96. The van der Waals surface area contributed by atoms with Gasteiger partial charge in [0, 0.05) is 30.3 Å². The van der Waals surface area contributed by atoms with Gasteiger partial charge in [-0.2, -0.15) is 0 Å². The van der Waals surface area contributed by atoms with Gasteiger partial charge in [0.1, 0.15) is 5.76 Å². The zero-order chi connectivity index (χ0) is 16.4. The summed E-state index contributed by atoms with van der Waals surface area (Å²) in [5.41, 5.74) is 2.70. The fourth-order valence-electron chi connectivity index (χ4n) is 2.53. The zero-order valence-electron chi connectivity index (χ0n) is 12.9. The van der Waals surface area contributed by atoms with Gasteiger partial charge in [-0.3, -0.25) is 14.6 Å². The predicted octanol–water partition coefficient (Wildman–Crippen LogP) is 2.73. The van der Waals surface area contributed by atoms with E-state index in [0.29, 0.717) is 12.3 Å². The lowest BCUT2D eigenvalue weighted by molar-refractivity contribution is 0.0919. The highest BCUT2D eigenvalue weighted by atomic mass is 16.3. The molecule has 2 aromatic heterocycles. The predicted molar refractivity (Wildman–Crippen MR) is 87.4 cm³/mol. The van der Waals surface area contributed by atoms with Gasteiger partial charge < -0.3 is 9.73 Å². The molecule has 1 N–H and O–H groups in total. The molecule has 0 aliphatic carbocycles. The molecular formula is C18H16N2O3. The summed E-state index contributed by atoms with van der Waals surface area (Å²) in [5.74, 6) is 0.0188. The normalized spacial score (nSPS) is 10.7. The molecule has 23 heavy (non-hydrogen) atoms. The molecule has 3 aromatic rings. The average Bonchev–Trinajstić information content (AvgIpc) is 2.52. The van der Waals surface area contributed by atoms with E-state index in [-0.39, 0.29) is 11.2 Å². The molecule has 3 rings (SSSR count). The Morgan fingerprint density at radius 2 is 2.04 bits per heavy atom. The Kier molecular flexibility index (Phi) is 3.93. The highest BCUT2D eigenvalue weighted by Gasteiger charge is 2.12. The van der Waals surface area contributed by atoms with Gasteiger partial charge >= 0.3 is 0 Å². The van der Waals surface area contributed by atoms with E-state index in [2.05, 4.69) is 10.3 Å². The summed E-state index contributed by atoms with van der Waals surface area (Å²) in [5, 5.41) is 3.80. The lowest BCUT2D eigenvalue weighted by Gasteiger charge is -2.11. The first kappa shape index (κ1) is 15.0. The van der Waals surface area contributed by atoms with Crippen LogP contribution in [0.25, 0.3) is 10.9 Å². The van der Waals surface area contributed by atoms with Crippen molar-refractivity contribution in [3.8, 4) is 0 Å². The lowest BCUT2D eigenvalue weighted by atomic mass is 10.0. The summed E-state index contributed by atoms with van der Waals surface area (Å²) in [6, 6.07) is 10.3. The molecule has 0 fully saturated rings. The third-order valence-electron chi connectivity index (χ3n) is 3.67. The van der Waals surface area contributed by atoms with E-state index in [4.69, 9.17) is 4.42 Å². The highest BCUT2D eigenvalue weighted by molar-refractivity contribution is 5.91. The number of amides is 1. The van der Waals surface area contributed by atoms with Crippen LogP contribution in [0.3, 0.4) is 0 Å². The molecule has 5 heteroatoms. The van der Waals surface area contributed by atoms with Crippen molar-refractivity contribution in [2.24, 2.45) is 0 Å². The topological polar surface area (TPSA) is 72.2 Å². The number of carbonyl (C=O) groups is 1. The van der Waals surface area contributed by atoms with Crippen molar-refractivity contribution in [2.45, 2.75) is 20.4 Å². The van der Waals surface area contributed by atoms with Crippen LogP contribution < -0.4 is 10.7 Å². The van der Waals surface area contributed by atoms with Gasteiger partial charge in [0.25, 0.3) is 5.91 Å². The van der Waals surface area contributed by atoms with Crippen molar-refractivity contribution >= 4 is 16.8 Å². The third-order valence-corrected chi connectivity index (χ3v) is 3.67. The third kappa shape index (κ3) is 3.13. The van der Waals surface area contributed by atoms with Crippen molar-refractivity contribution in [2.75, 3.05) is 0 Å². The average molecular weight is 308 g/mol. The fourth-order valence-corrected chi connectivity index (χ4v) is 2.53. The minimum absolute atomic E-state index is 0.0195. The quantitative estimate of drug-likeness (QED) is 0.807. The Hall–Kier alpha value is -2.95. The molecule has 1 amide bonds. The van der Waals surface area contributed by atoms with E-state index in [0.717, 1.165) is 22.0 Å². The molecule has 116 valence electrons. The van der Waals surface area contributed by atoms with Crippen molar-refractivity contribution < 1.29 is 9.21 Å². The summed E-state index contributed by atoms with van der Waals surface area (Å²) in [7, 11) is 0. The van der Waals surface area contributed by atoms with Crippen LogP contribution in [-0.2, 0) is 6.54 Å². The Morgan fingerprint density at radius 1 is 1.22 bits per heavy atom. The van der Waals surface area contributed by atoms with E-state index in [1.165, 1.54) is 12.1 Å². The minimum atomic E-state index is -0.411. The summed E-state index contributed by atoms with van der Waals surface area (Å²) in [6.07, 6.45) is 1.74. The monoisotopic (exact) mass is 308 g/mol. The number of carbonyl (C=O) groups excluding carboxylic acids is 1. The summed E-state index contributed by atoms with van der Waals surface area (Å²) < 4.78 is 5.30. The van der Waals surface area contributed by atoms with Gasteiger partial charge in [-0.1, -0.05) is 12.1 Å². The number of aryl methyl sites for hydroxylation is 2. The maximum absolute atomic E-state index is 12.2. The summed E-state index contributed by atoms with van der Waals surface area (Å²) in [4.78, 5) is 28.0. The molecule has 0 saturated carbocycles. The number of hydrogen-bond donors (Lipinski definition) is 1. The fraction of sp³-hybridized carbons (Fsp3) is 0.167. The largest absolute Gasteiger partial charge is 0.456 e. The van der Waals surface area contributed by atoms with Gasteiger partial charge in [-0.15, -0.1) is 0 Å². The molecule has 0 spiro atoms. The number of hydrogen-bond acceptors (Lipinski definition) is 4. The van der Waals surface area contributed by atoms with Crippen LogP contribution in [0.2, 0.25) is 0 Å². The van der Waals surface area contributed by atoms with E-state index < -0.39 is 5.91 Å². The van der Waals surface area contributed by atoms with E-state index in [1.807, 2.05) is 31.2 Å². The Morgan fingerprint density at radius 3 is 2.83 bits per heavy atom. The molecule has 0 atom stereocenters. The molecule has 0 unspecified atom stereocenters. The Balaban J connectivity index is 1.87. The first-order chi connectivity index (χ1) is 11.0. The number of aromatic nitrogens is 1. The number of benzene rings is 1. The van der Waals surface area contributed by atoms with Gasteiger partial charge in [-0.05, 0) is 37.1 Å². The van der Waals surface area contributed by atoms with E-state index in [1.54, 1.807) is 13.1 Å². The van der Waals surface area contributed by atoms with Crippen LogP contribution in [0, 0.1) is 13.8 Å². The summed E-state index contributed by atoms with van der Waals surface area (Å²) >= 11 is 0. The molecule has 1 aromatic carbocycles. The van der Waals surface area contributed by atoms with Crippen molar-refractivity contribution in [1.29, 1.82) is 0 Å². The molecule has 5 nitrogen and oxygen atoms in total. The molecule has 0 saturated heterocycles. The van der Waals surface area contributed by atoms with Crippen molar-refractivity contribution in [3.05, 3.63) is 75.5 Å². The first-order valence-electron chi connectivity index (χ1n) is 7.28. The molecule has 0 aliphatic heterocycles. The van der Waals surface area contributed by atoms with Crippen LogP contribution in [0.5, 0.6) is 0 Å². The molecule has 0 aliphatic rings. The van der Waals surface area contributed by atoms with Gasteiger partial charge in [0.05, 0.1) is 5.52 Å². The Labute approximate surface area is 133 Å². The number of fused-ring (bicyclic) bond motifs is 1. The van der Waals surface area contributed by atoms with E-state index >= 15 is 0 Å². The lowest BCUT2D eigenvalue weighted by Crippen LogP contribution is -2.24. The zero-order valence-corrected chi connectivity index (χ0v) is 12.9. The number of rotatable bonds is 3. The highest BCUT2D eigenvalue weighted by Crippen LogP contribution is 2.20. The number of nitrogens with zero attached hydrogens (tertiary/aromatic N) is 1. The maximum atomic E-state index is 12.2. The molecule has 0 radical (unpaired) electrons. The molecule has 0 bridgehead atoms. The minimum Gasteiger partial charge on any atom is -0.456 e. The molecular weight excluding hydrogens is 292 g/mol. The second-order valence-corrected chi connectivity index (χ2v) is 5.38. The van der Waals surface area contributed by atoms with Crippen molar-refractivity contribution in [3.63, 3.8) is 0 Å². The van der Waals surface area contributed by atoms with Crippen LogP contribution in [0.1, 0.15) is 27.4 Å². The van der Waals surface area contributed by atoms with Gasteiger partial charge in [-0.25, -0.2) is 0 Å². The standard InChI is InChI=1S/C18H16N2O3/c1-11-5-6-16-14(4-3-7-19-16)15(11)10-20-18(22)17-9-13(21)8-12(2)23-17/h3-9H,10H2,1-2H3,(H,20,22). The van der Waals surface area contributed by atoms with Crippen LogP contribution in [0.15, 0.2) is 51.8 Å².